The number of rotatable bonds is 6. The van der Waals surface area contributed by atoms with Crippen molar-refractivity contribution < 1.29 is 0 Å². The van der Waals surface area contributed by atoms with Crippen molar-refractivity contribution in [3.05, 3.63) is 35.9 Å². The van der Waals surface area contributed by atoms with Crippen LogP contribution in [-0.4, -0.2) is 35.2 Å². The van der Waals surface area contributed by atoms with E-state index in [2.05, 4.69) is 31.7 Å². The van der Waals surface area contributed by atoms with E-state index in [9.17, 15) is 0 Å². The van der Waals surface area contributed by atoms with Crippen molar-refractivity contribution in [1.29, 1.82) is 0 Å². The minimum absolute atomic E-state index is 0.459. The van der Waals surface area contributed by atoms with E-state index in [0.29, 0.717) is 15.9 Å². The standard InChI is InChI=1S/C14H20N6S2/c1-3-15-13(21)19-17-10-12(11-8-6-5-7-9-11)18-20-14(22)16-4-2/h5-10H,3-4H2,1-2H3,(H2,15,19,21)(H2,16,20,22)/b17-10+,18-12-. The molecule has 0 bridgehead atoms. The van der Waals surface area contributed by atoms with Crippen LogP contribution in [0.15, 0.2) is 40.5 Å². The molecule has 0 aliphatic heterocycles. The summed E-state index contributed by atoms with van der Waals surface area (Å²) in [6.45, 7) is 5.39. The van der Waals surface area contributed by atoms with E-state index in [1.54, 1.807) is 6.21 Å². The first-order valence-corrected chi connectivity index (χ1v) is 7.72. The summed E-state index contributed by atoms with van der Waals surface area (Å²) in [7, 11) is 0. The van der Waals surface area contributed by atoms with Gasteiger partial charge in [0, 0.05) is 18.7 Å². The van der Waals surface area contributed by atoms with Gasteiger partial charge in [0.1, 0.15) is 5.71 Å². The lowest BCUT2D eigenvalue weighted by Gasteiger charge is -2.06. The molecular weight excluding hydrogens is 316 g/mol. The lowest BCUT2D eigenvalue weighted by atomic mass is 10.1. The fourth-order valence-corrected chi connectivity index (χ4v) is 1.83. The molecule has 22 heavy (non-hydrogen) atoms. The maximum absolute atomic E-state index is 5.09. The molecule has 8 heteroatoms. The fourth-order valence-electron chi connectivity index (χ4n) is 1.44. The van der Waals surface area contributed by atoms with Gasteiger partial charge in [-0.2, -0.15) is 10.2 Å². The van der Waals surface area contributed by atoms with Crippen molar-refractivity contribution in [1.82, 2.24) is 21.5 Å². The van der Waals surface area contributed by atoms with Gasteiger partial charge >= 0.3 is 0 Å². The lowest BCUT2D eigenvalue weighted by Crippen LogP contribution is -2.33. The Balaban J connectivity index is 2.79. The zero-order valence-corrected chi connectivity index (χ0v) is 14.2. The third-order valence-electron chi connectivity index (χ3n) is 2.38. The number of benzene rings is 1. The number of hydrazone groups is 2. The minimum Gasteiger partial charge on any atom is -0.362 e. The van der Waals surface area contributed by atoms with E-state index < -0.39 is 0 Å². The van der Waals surface area contributed by atoms with Gasteiger partial charge in [-0.25, -0.2) is 0 Å². The zero-order valence-electron chi connectivity index (χ0n) is 12.6. The molecule has 0 spiro atoms. The Kier molecular flexibility index (Phi) is 8.70. The van der Waals surface area contributed by atoms with E-state index >= 15 is 0 Å². The summed E-state index contributed by atoms with van der Waals surface area (Å²) in [5.74, 6) is 0. The molecule has 0 unspecified atom stereocenters. The first kappa shape index (κ1) is 18.0. The summed E-state index contributed by atoms with van der Waals surface area (Å²) in [6.07, 6.45) is 1.58. The SMILES string of the molecule is CCNC(=S)N/N=C/C(=N/NC(=S)NCC)c1ccccc1. The van der Waals surface area contributed by atoms with Gasteiger partial charge in [-0.15, -0.1) is 0 Å². The molecule has 0 saturated heterocycles. The molecule has 1 aromatic carbocycles. The van der Waals surface area contributed by atoms with Crippen LogP contribution in [0.1, 0.15) is 19.4 Å². The van der Waals surface area contributed by atoms with Crippen LogP contribution in [0.2, 0.25) is 0 Å². The van der Waals surface area contributed by atoms with Crippen LogP contribution in [0.25, 0.3) is 0 Å². The Bertz CT molecular complexity index is 542. The van der Waals surface area contributed by atoms with Crippen LogP contribution in [0, 0.1) is 0 Å². The Morgan fingerprint density at radius 3 is 2.18 bits per heavy atom. The predicted octanol–water partition coefficient (Wildman–Crippen LogP) is 1.34. The second-order valence-corrected chi connectivity index (χ2v) is 4.88. The summed E-state index contributed by atoms with van der Waals surface area (Å²) in [5.41, 5.74) is 7.06. The molecule has 0 heterocycles. The zero-order chi connectivity index (χ0) is 16.2. The van der Waals surface area contributed by atoms with Crippen molar-refractivity contribution in [3.63, 3.8) is 0 Å². The summed E-state index contributed by atoms with van der Waals surface area (Å²) in [5, 5.41) is 15.2. The monoisotopic (exact) mass is 336 g/mol. The van der Waals surface area contributed by atoms with Gasteiger partial charge in [0.25, 0.3) is 0 Å². The second kappa shape index (κ2) is 10.6. The molecule has 0 saturated carbocycles. The highest BCUT2D eigenvalue weighted by atomic mass is 32.1. The molecule has 118 valence electrons. The maximum Gasteiger partial charge on any atom is 0.186 e. The predicted molar refractivity (Wildman–Crippen MR) is 100 cm³/mol. The van der Waals surface area contributed by atoms with Crippen molar-refractivity contribution in [3.8, 4) is 0 Å². The van der Waals surface area contributed by atoms with Crippen molar-refractivity contribution in [2.45, 2.75) is 13.8 Å². The lowest BCUT2D eigenvalue weighted by molar-refractivity contribution is 0.899. The minimum atomic E-state index is 0.459. The first-order chi connectivity index (χ1) is 10.7. The van der Waals surface area contributed by atoms with Gasteiger partial charge in [-0.1, -0.05) is 30.3 Å². The summed E-state index contributed by atoms with van der Waals surface area (Å²) >= 11 is 10.1. The van der Waals surface area contributed by atoms with Crippen LogP contribution in [0.5, 0.6) is 0 Å². The number of hydrogen-bond acceptors (Lipinski definition) is 4. The van der Waals surface area contributed by atoms with Gasteiger partial charge in [-0.3, -0.25) is 10.9 Å². The largest absolute Gasteiger partial charge is 0.362 e. The molecule has 0 atom stereocenters. The number of hydrogen-bond donors (Lipinski definition) is 4. The molecule has 0 aromatic heterocycles. The van der Waals surface area contributed by atoms with Crippen LogP contribution in [-0.2, 0) is 0 Å². The average molecular weight is 336 g/mol. The van der Waals surface area contributed by atoms with Crippen molar-refractivity contribution >= 4 is 46.6 Å². The molecule has 0 aliphatic carbocycles. The quantitative estimate of drug-likeness (QED) is 0.357. The van der Waals surface area contributed by atoms with E-state index in [4.69, 9.17) is 24.4 Å². The Labute approximate surface area is 141 Å². The number of thiocarbonyl (C=S) groups is 2. The van der Waals surface area contributed by atoms with Crippen LogP contribution in [0.3, 0.4) is 0 Å². The van der Waals surface area contributed by atoms with Crippen molar-refractivity contribution in [2.75, 3.05) is 13.1 Å². The molecule has 0 fully saturated rings. The number of nitrogens with one attached hydrogen (secondary N) is 4. The highest BCUT2D eigenvalue weighted by Crippen LogP contribution is 1.99. The van der Waals surface area contributed by atoms with Gasteiger partial charge < -0.3 is 10.6 Å². The fraction of sp³-hybridized carbons (Fsp3) is 0.286. The van der Waals surface area contributed by atoms with Crippen LogP contribution < -0.4 is 21.5 Å². The summed E-state index contributed by atoms with van der Waals surface area (Å²) in [6, 6.07) is 9.67. The average Bonchev–Trinajstić information content (AvgIpc) is 2.52. The Morgan fingerprint density at radius 1 is 1.00 bits per heavy atom. The van der Waals surface area contributed by atoms with Gasteiger partial charge in [-0.05, 0) is 38.3 Å². The van der Waals surface area contributed by atoms with E-state index in [0.717, 1.165) is 18.7 Å². The molecule has 6 nitrogen and oxygen atoms in total. The van der Waals surface area contributed by atoms with Gasteiger partial charge in [0.2, 0.25) is 0 Å². The smallest absolute Gasteiger partial charge is 0.186 e. The van der Waals surface area contributed by atoms with Crippen LogP contribution >= 0.6 is 24.4 Å². The number of nitrogens with zero attached hydrogens (tertiary/aromatic N) is 2. The molecule has 0 radical (unpaired) electrons. The molecule has 0 aliphatic rings. The van der Waals surface area contributed by atoms with E-state index in [1.165, 1.54) is 0 Å². The second-order valence-electron chi connectivity index (χ2n) is 4.06. The highest BCUT2D eigenvalue weighted by Gasteiger charge is 2.01. The third kappa shape index (κ3) is 7.09. The highest BCUT2D eigenvalue weighted by molar-refractivity contribution is 7.80. The normalized spacial score (nSPS) is 11.1. The van der Waals surface area contributed by atoms with Crippen molar-refractivity contribution in [2.24, 2.45) is 10.2 Å². The molecular formula is C14H20N6S2. The molecule has 1 aromatic rings. The van der Waals surface area contributed by atoms with E-state index in [-0.39, 0.29) is 0 Å². The molecule has 4 N–H and O–H groups in total. The first-order valence-electron chi connectivity index (χ1n) is 6.91. The Hall–Kier alpha value is -2.06. The molecule has 1 rings (SSSR count). The summed E-state index contributed by atoms with van der Waals surface area (Å²) in [4.78, 5) is 0. The topological polar surface area (TPSA) is 72.8 Å². The van der Waals surface area contributed by atoms with Gasteiger partial charge in [0.05, 0.1) is 6.21 Å². The third-order valence-corrected chi connectivity index (χ3v) is 2.85. The van der Waals surface area contributed by atoms with Gasteiger partial charge in [0.15, 0.2) is 10.2 Å². The van der Waals surface area contributed by atoms with E-state index in [1.807, 2.05) is 44.2 Å². The van der Waals surface area contributed by atoms with Crippen LogP contribution in [0.4, 0.5) is 0 Å². The Morgan fingerprint density at radius 2 is 1.59 bits per heavy atom. The maximum atomic E-state index is 5.09. The molecule has 0 amide bonds. The summed E-state index contributed by atoms with van der Waals surface area (Å²) < 4.78 is 0.